The zero-order valence-corrected chi connectivity index (χ0v) is 10.9. The molecule has 0 radical (unpaired) electrons. The number of anilines is 1. The predicted molar refractivity (Wildman–Crippen MR) is 70.1 cm³/mol. The first-order valence-electron chi connectivity index (χ1n) is 5.21. The summed E-state index contributed by atoms with van der Waals surface area (Å²) >= 11 is 1.45. The van der Waals surface area contributed by atoms with Gasteiger partial charge in [-0.25, -0.2) is 9.97 Å². The SMILES string of the molecule is COc1cccc(Sc2ncnc(N)c2OC)c1. The quantitative estimate of drug-likeness (QED) is 0.853. The van der Waals surface area contributed by atoms with Crippen LogP contribution in [0.1, 0.15) is 0 Å². The molecule has 1 aromatic carbocycles. The third-order valence-corrected chi connectivity index (χ3v) is 3.23. The average Bonchev–Trinajstić information content (AvgIpc) is 2.39. The largest absolute Gasteiger partial charge is 0.497 e. The van der Waals surface area contributed by atoms with Gasteiger partial charge in [-0.15, -0.1) is 0 Å². The van der Waals surface area contributed by atoms with Crippen LogP contribution in [0.4, 0.5) is 5.82 Å². The molecular weight excluding hydrogens is 250 g/mol. The Bertz CT molecular complexity index is 549. The van der Waals surface area contributed by atoms with Gasteiger partial charge in [0.15, 0.2) is 11.6 Å². The molecule has 0 bridgehead atoms. The maximum Gasteiger partial charge on any atom is 0.193 e. The van der Waals surface area contributed by atoms with Crippen molar-refractivity contribution in [2.75, 3.05) is 20.0 Å². The Morgan fingerprint density at radius 2 is 2.00 bits per heavy atom. The molecule has 0 amide bonds. The summed E-state index contributed by atoms with van der Waals surface area (Å²) in [4.78, 5) is 9.05. The molecule has 0 aliphatic heterocycles. The van der Waals surface area contributed by atoms with E-state index in [-0.39, 0.29) is 0 Å². The lowest BCUT2D eigenvalue weighted by Crippen LogP contribution is -1.98. The summed E-state index contributed by atoms with van der Waals surface area (Å²) < 4.78 is 10.4. The summed E-state index contributed by atoms with van der Waals surface area (Å²) in [6, 6.07) is 7.68. The van der Waals surface area contributed by atoms with Gasteiger partial charge in [-0.1, -0.05) is 17.8 Å². The minimum absolute atomic E-state index is 0.331. The number of methoxy groups -OCH3 is 2. The Morgan fingerprint density at radius 1 is 1.17 bits per heavy atom. The van der Waals surface area contributed by atoms with Gasteiger partial charge in [0.1, 0.15) is 17.1 Å². The molecule has 2 aromatic rings. The van der Waals surface area contributed by atoms with Crippen LogP contribution in [0, 0.1) is 0 Å². The van der Waals surface area contributed by atoms with Crippen LogP contribution >= 0.6 is 11.8 Å². The highest BCUT2D eigenvalue weighted by molar-refractivity contribution is 7.99. The lowest BCUT2D eigenvalue weighted by molar-refractivity contribution is 0.401. The summed E-state index contributed by atoms with van der Waals surface area (Å²) in [5.74, 6) is 1.62. The number of hydrogen-bond acceptors (Lipinski definition) is 6. The number of nitrogen functional groups attached to an aromatic ring is 1. The number of ether oxygens (including phenoxy) is 2. The lowest BCUT2D eigenvalue weighted by atomic mass is 10.3. The molecule has 2 rings (SSSR count). The minimum Gasteiger partial charge on any atom is -0.497 e. The molecule has 0 saturated heterocycles. The summed E-state index contributed by atoms with van der Waals surface area (Å²) in [6.07, 6.45) is 1.42. The monoisotopic (exact) mass is 263 g/mol. The van der Waals surface area contributed by atoms with Crippen LogP contribution < -0.4 is 15.2 Å². The molecule has 0 atom stereocenters. The third-order valence-electron chi connectivity index (χ3n) is 2.26. The lowest BCUT2D eigenvalue weighted by Gasteiger charge is -2.08. The fourth-order valence-corrected chi connectivity index (χ4v) is 2.34. The van der Waals surface area contributed by atoms with E-state index >= 15 is 0 Å². The second-order valence-electron chi connectivity index (χ2n) is 3.38. The van der Waals surface area contributed by atoms with Crippen LogP contribution in [0.5, 0.6) is 11.5 Å². The number of nitrogens with zero attached hydrogens (tertiary/aromatic N) is 2. The van der Waals surface area contributed by atoms with Crippen molar-refractivity contribution in [2.45, 2.75) is 9.92 Å². The fourth-order valence-electron chi connectivity index (χ4n) is 1.41. The van der Waals surface area contributed by atoms with Gasteiger partial charge in [0.2, 0.25) is 0 Å². The molecule has 6 heteroatoms. The average molecular weight is 263 g/mol. The Kier molecular flexibility index (Phi) is 3.88. The molecule has 94 valence electrons. The summed E-state index contributed by atoms with van der Waals surface area (Å²) in [7, 11) is 3.18. The maximum atomic E-state index is 5.73. The van der Waals surface area contributed by atoms with Crippen LogP contribution in [0.15, 0.2) is 40.5 Å². The molecule has 0 unspecified atom stereocenters. The first kappa shape index (κ1) is 12.5. The van der Waals surface area contributed by atoms with E-state index < -0.39 is 0 Å². The zero-order chi connectivity index (χ0) is 13.0. The summed E-state index contributed by atoms with van der Waals surface area (Å²) in [6.45, 7) is 0. The van der Waals surface area contributed by atoms with Crippen molar-refractivity contribution in [2.24, 2.45) is 0 Å². The number of hydrogen-bond donors (Lipinski definition) is 1. The van der Waals surface area contributed by atoms with E-state index in [2.05, 4.69) is 9.97 Å². The van der Waals surface area contributed by atoms with Gasteiger partial charge in [0, 0.05) is 4.90 Å². The van der Waals surface area contributed by atoms with Crippen molar-refractivity contribution < 1.29 is 9.47 Å². The number of nitrogens with two attached hydrogens (primary N) is 1. The molecule has 0 fully saturated rings. The Hall–Kier alpha value is -1.95. The molecule has 1 heterocycles. The second-order valence-corrected chi connectivity index (χ2v) is 4.44. The van der Waals surface area contributed by atoms with E-state index in [1.807, 2.05) is 24.3 Å². The molecule has 0 aliphatic rings. The van der Waals surface area contributed by atoms with Crippen molar-refractivity contribution in [3.8, 4) is 11.5 Å². The molecule has 5 nitrogen and oxygen atoms in total. The van der Waals surface area contributed by atoms with Crippen LogP contribution in [0.3, 0.4) is 0 Å². The van der Waals surface area contributed by atoms with Gasteiger partial charge < -0.3 is 15.2 Å². The molecule has 2 N–H and O–H groups in total. The van der Waals surface area contributed by atoms with Gasteiger partial charge in [-0.05, 0) is 18.2 Å². The normalized spacial score (nSPS) is 10.1. The topological polar surface area (TPSA) is 70.3 Å². The maximum absolute atomic E-state index is 5.73. The Labute approximate surface area is 109 Å². The molecule has 1 aromatic heterocycles. The zero-order valence-electron chi connectivity index (χ0n) is 10.1. The predicted octanol–water partition coefficient (Wildman–Crippen LogP) is 2.23. The van der Waals surface area contributed by atoms with Crippen LogP contribution in [0.2, 0.25) is 0 Å². The number of benzene rings is 1. The van der Waals surface area contributed by atoms with E-state index in [9.17, 15) is 0 Å². The Morgan fingerprint density at radius 3 is 2.72 bits per heavy atom. The van der Waals surface area contributed by atoms with Crippen molar-refractivity contribution in [3.63, 3.8) is 0 Å². The van der Waals surface area contributed by atoms with Crippen molar-refractivity contribution >= 4 is 17.6 Å². The van der Waals surface area contributed by atoms with Crippen LogP contribution in [0.25, 0.3) is 0 Å². The van der Waals surface area contributed by atoms with Gasteiger partial charge in [-0.2, -0.15) is 0 Å². The van der Waals surface area contributed by atoms with E-state index in [1.165, 1.54) is 18.1 Å². The van der Waals surface area contributed by atoms with E-state index in [0.717, 1.165) is 10.6 Å². The van der Waals surface area contributed by atoms with Crippen LogP contribution in [-0.2, 0) is 0 Å². The first-order valence-corrected chi connectivity index (χ1v) is 6.02. The molecule has 18 heavy (non-hydrogen) atoms. The van der Waals surface area contributed by atoms with Crippen molar-refractivity contribution in [3.05, 3.63) is 30.6 Å². The highest BCUT2D eigenvalue weighted by Gasteiger charge is 2.11. The van der Waals surface area contributed by atoms with E-state index in [1.54, 1.807) is 14.2 Å². The number of rotatable bonds is 4. The van der Waals surface area contributed by atoms with Crippen LogP contribution in [-0.4, -0.2) is 24.2 Å². The molecular formula is C12H13N3O2S. The van der Waals surface area contributed by atoms with Gasteiger partial charge in [0.05, 0.1) is 14.2 Å². The van der Waals surface area contributed by atoms with Gasteiger partial charge in [0.25, 0.3) is 0 Å². The smallest absolute Gasteiger partial charge is 0.193 e. The molecule has 0 aliphatic carbocycles. The highest BCUT2D eigenvalue weighted by atomic mass is 32.2. The Balaban J connectivity index is 2.30. The van der Waals surface area contributed by atoms with Gasteiger partial charge in [-0.3, -0.25) is 0 Å². The molecule has 0 spiro atoms. The summed E-state index contributed by atoms with van der Waals surface area (Å²) in [5, 5.41) is 0.679. The molecule has 0 saturated carbocycles. The second kappa shape index (κ2) is 5.59. The highest BCUT2D eigenvalue weighted by Crippen LogP contribution is 2.36. The van der Waals surface area contributed by atoms with E-state index in [4.69, 9.17) is 15.2 Å². The number of aromatic nitrogens is 2. The van der Waals surface area contributed by atoms with Crippen molar-refractivity contribution in [1.82, 2.24) is 9.97 Å². The van der Waals surface area contributed by atoms with E-state index in [0.29, 0.717) is 16.6 Å². The van der Waals surface area contributed by atoms with Gasteiger partial charge >= 0.3 is 0 Å². The van der Waals surface area contributed by atoms with Crippen molar-refractivity contribution in [1.29, 1.82) is 0 Å². The summed E-state index contributed by atoms with van der Waals surface area (Å²) in [5.41, 5.74) is 5.73. The standard InChI is InChI=1S/C12H13N3O2S/c1-16-8-4-3-5-9(6-8)18-12-10(17-2)11(13)14-7-15-12/h3-7H,1-2H3,(H2,13,14,15). The minimum atomic E-state index is 0.331. The first-order chi connectivity index (χ1) is 8.74. The fraction of sp³-hybridized carbons (Fsp3) is 0.167. The third kappa shape index (κ3) is 2.65.